The molecule has 0 unspecified atom stereocenters. The van der Waals surface area contributed by atoms with Gasteiger partial charge in [0, 0.05) is 0 Å². The molecule has 0 aliphatic carbocycles. The number of halogens is 2. The van der Waals surface area contributed by atoms with Gasteiger partial charge >= 0.3 is 16.5 Å². The third kappa shape index (κ3) is 6.50. The van der Waals surface area contributed by atoms with Crippen LogP contribution in [0.4, 0.5) is 11.4 Å². The van der Waals surface area contributed by atoms with E-state index in [0.717, 1.165) is 0 Å². The van der Waals surface area contributed by atoms with E-state index in [1.165, 1.54) is 12.1 Å². The fourth-order valence-electron chi connectivity index (χ4n) is 1.85. The van der Waals surface area contributed by atoms with Gasteiger partial charge < -0.3 is 20.6 Å². The summed E-state index contributed by atoms with van der Waals surface area (Å²) >= 11 is 11.1. The van der Waals surface area contributed by atoms with Gasteiger partial charge in [0.25, 0.3) is 0 Å². The molecule has 13 heteroatoms. The molecule has 0 aliphatic heterocycles. The van der Waals surface area contributed by atoms with Crippen LogP contribution in [-0.2, 0) is 36.7 Å². The normalized spacial score (nSPS) is 11.2. The maximum atomic E-state index is 10.7. The Balaban J connectivity index is 0.000000483. The molecule has 0 aliphatic rings. The first-order valence-corrected chi connectivity index (χ1v) is 10.3. The maximum Gasteiger partial charge on any atom is 2.00 e. The first kappa shape index (κ1) is 25.9. The van der Waals surface area contributed by atoms with Crippen LogP contribution in [0.1, 0.15) is 11.1 Å². The van der Waals surface area contributed by atoms with E-state index in [0.29, 0.717) is 11.1 Å². The van der Waals surface area contributed by atoms with Gasteiger partial charge in [-0.2, -0.15) is 0 Å². The molecule has 8 nitrogen and oxygen atoms in total. The Morgan fingerprint density at radius 3 is 1.19 bits per heavy atom. The quantitative estimate of drug-likeness (QED) is 0.360. The minimum absolute atomic E-state index is 0. The number of nitrogen functional groups attached to an aromatic ring is 2. The second-order valence-electron chi connectivity index (χ2n) is 5.12. The van der Waals surface area contributed by atoms with Gasteiger partial charge in [-0.25, -0.2) is 16.8 Å². The smallest absolute Gasteiger partial charge is 0.744 e. The molecule has 0 bridgehead atoms. The van der Waals surface area contributed by atoms with Crippen molar-refractivity contribution >= 4 is 54.8 Å². The Kier molecular flexibility index (Phi) is 9.05. The van der Waals surface area contributed by atoms with Gasteiger partial charge in [-0.1, -0.05) is 35.3 Å². The van der Waals surface area contributed by atoms with Crippen LogP contribution in [-0.4, -0.2) is 25.9 Å². The van der Waals surface area contributed by atoms with Crippen molar-refractivity contribution in [1.82, 2.24) is 0 Å². The summed E-state index contributed by atoms with van der Waals surface area (Å²) in [6.07, 6.45) is 0. The second-order valence-corrected chi connectivity index (χ2v) is 8.57. The predicted octanol–water partition coefficient (Wildman–Crippen LogP) is 2.27. The first-order chi connectivity index (χ1) is 11.7. The summed E-state index contributed by atoms with van der Waals surface area (Å²) in [5.74, 6) is 0. The zero-order chi connectivity index (χ0) is 20.4. The minimum Gasteiger partial charge on any atom is -0.744 e. The topological polar surface area (TPSA) is 166 Å². The molecule has 0 radical (unpaired) electrons. The fourth-order valence-corrected chi connectivity index (χ4v) is 4.22. The fraction of sp³-hybridized carbons (Fsp3) is 0.143. The molecule has 0 atom stereocenters. The molecule has 0 fully saturated rings. The second kappa shape index (κ2) is 9.42. The predicted molar refractivity (Wildman–Crippen MR) is 97.1 cm³/mol. The van der Waals surface area contributed by atoms with Crippen molar-refractivity contribution in [1.29, 1.82) is 0 Å². The van der Waals surface area contributed by atoms with Crippen LogP contribution in [0.25, 0.3) is 0 Å². The van der Waals surface area contributed by atoms with Crippen molar-refractivity contribution in [2.75, 3.05) is 11.5 Å². The van der Waals surface area contributed by atoms with Crippen molar-refractivity contribution in [3.05, 3.63) is 45.4 Å². The number of hydrogen-bond acceptors (Lipinski definition) is 8. The van der Waals surface area contributed by atoms with Crippen LogP contribution in [0.5, 0.6) is 0 Å². The molecule has 0 heterocycles. The Hall–Kier alpha value is -1.07. The summed E-state index contributed by atoms with van der Waals surface area (Å²) in [6.45, 7) is 3.20. The summed E-state index contributed by atoms with van der Waals surface area (Å²) in [5, 5.41) is -0.281. The summed E-state index contributed by atoms with van der Waals surface area (Å²) in [6, 6.07) is 5.76. The van der Waals surface area contributed by atoms with Crippen molar-refractivity contribution in [3.8, 4) is 0 Å². The standard InChI is InChI=1S/2C7H8ClNO3S.Ni/c2*1-4-2-3-5(8)7(6(4)9)13(10,11)12;/h2*2-3H,9H2,1H3,(H,10,11,12);/q;;+2/p-2. The zero-order valence-corrected chi connectivity index (χ0v) is 17.9. The van der Waals surface area contributed by atoms with Gasteiger partial charge in [0.1, 0.15) is 20.2 Å². The molecule has 27 heavy (non-hydrogen) atoms. The van der Waals surface area contributed by atoms with Gasteiger partial charge in [-0.05, 0) is 37.1 Å². The molecule has 0 saturated heterocycles. The van der Waals surface area contributed by atoms with Crippen LogP contribution in [0, 0.1) is 13.8 Å². The number of rotatable bonds is 2. The monoisotopic (exact) mass is 498 g/mol. The number of anilines is 2. The molecule has 2 aromatic carbocycles. The summed E-state index contributed by atoms with van der Waals surface area (Å²) in [4.78, 5) is -1.07. The van der Waals surface area contributed by atoms with E-state index >= 15 is 0 Å². The average molecular weight is 500 g/mol. The number of aryl methyl sites for hydroxylation is 2. The van der Waals surface area contributed by atoms with E-state index in [-0.39, 0.29) is 37.9 Å². The van der Waals surface area contributed by atoms with E-state index in [1.807, 2.05) is 0 Å². The van der Waals surface area contributed by atoms with E-state index < -0.39 is 30.0 Å². The Morgan fingerprint density at radius 2 is 1.00 bits per heavy atom. The molecule has 0 aromatic heterocycles. The largest absolute Gasteiger partial charge is 2.00 e. The van der Waals surface area contributed by atoms with E-state index in [9.17, 15) is 25.9 Å². The van der Waals surface area contributed by atoms with Crippen LogP contribution in [0.2, 0.25) is 10.0 Å². The Labute approximate surface area is 177 Å². The molecule has 2 rings (SSSR count). The van der Waals surface area contributed by atoms with Gasteiger partial charge in [-0.3, -0.25) is 0 Å². The van der Waals surface area contributed by atoms with Crippen LogP contribution >= 0.6 is 23.2 Å². The van der Waals surface area contributed by atoms with Crippen molar-refractivity contribution in [2.24, 2.45) is 0 Å². The molecule has 0 amide bonds. The maximum absolute atomic E-state index is 10.7. The molecule has 0 spiro atoms. The van der Waals surface area contributed by atoms with Gasteiger partial charge in [0.15, 0.2) is 0 Å². The Bertz CT molecular complexity index is 974. The van der Waals surface area contributed by atoms with Crippen LogP contribution in [0.15, 0.2) is 34.1 Å². The molecule has 4 N–H and O–H groups in total. The Morgan fingerprint density at radius 1 is 0.741 bits per heavy atom. The molecule has 2 aromatic rings. The van der Waals surface area contributed by atoms with Crippen molar-refractivity contribution in [3.63, 3.8) is 0 Å². The van der Waals surface area contributed by atoms with Crippen LogP contribution in [0.3, 0.4) is 0 Å². The number of nitrogens with two attached hydrogens (primary N) is 2. The number of hydrogen-bond donors (Lipinski definition) is 2. The minimum atomic E-state index is -4.59. The molecule has 0 saturated carbocycles. The molecule has 152 valence electrons. The van der Waals surface area contributed by atoms with Gasteiger partial charge in [0.2, 0.25) is 0 Å². The third-order valence-corrected chi connectivity index (χ3v) is 5.97. The molecular weight excluding hydrogens is 486 g/mol. The van der Waals surface area contributed by atoms with E-state index in [2.05, 4.69) is 0 Å². The zero-order valence-electron chi connectivity index (χ0n) is 13.8. The SMILES string of the molecule is Cc1ccc(Cl)c(S(=O)(=O)[O-])c1N.Cc1ccc(Cl)c(S(=O)(=O)[O-])c1N.[Ni+2]. The summed E-state index contributed by atoms with van der Waals surface area (Å²) in [5.41, 5.74) is 11.7. The van der Waals surface area contributed by atoms with E-state index in [4.69, 9.17) is 34.7 Å². The van der Waals surface area contributed by atoms with Gasteiger partial charge in [-0.15, -0.1) is 0 Å². The average Bonchev–Trinajstić information content (AvgIpc) is 2.45. The third-order valence-electron chi connectivity index (χ3n) is 3.23. The van der Waals surface area contributed by atoms with Crippen molar-refractivity contribution in [2.45, 2.75) is 23.6 Å². The molecular formula is C14H14Cl2N2NiO6S2. The van der Waals surface area contributed by atoms with Gasteiger partial charge in [0.05, 0.1) is 31.2 Å². The summed E-state index contributed by atoms with van der Waals surface area (Å²) < 4.78 is 64.2. The van der Waals surface area contributed by atoms with Crippen LogP contribution < -0.4 is 11.5 Å². The number of benzene rings is 2. The van der Waals surface area contributed by atoms with E-state index in [1.54, 1.807) is 26.0 Å². The summed E-state index contributed by atoms with van der Waals surface area (Å²) in [7, 11) is -9.19. The van der Waals surface area contributed by atoms with Crippen molar-refractivity contribution < 1.29 is 42.4 Å². The first-order valence-electron chi connectivity index (χ1n) is 6.68.